The molecule has 1 N–H and O–H groups in total. The Balaban J connectivity index is 1.77. The Morgan fingerprint density at radius 3 is 2.74 bits per heavy atom. The van der Waals surface area contributed by atoms with E-state index in [1.54, 1.807) is 29.2 Å². The van der Waals surface area contributed by atoms with Crippen molar-refractivity contribution in [2.45, 2.75) is 36.0 Å². The fourth-order valence-electron chi connectivity index (χ4n) is 2.78. The van der Waals surface area contributed by atoms with Gasteiger partial charge < -0.3 is 4.90 Å². The van der Waals surface area contributed by atoms with Crippen molar-refractivity contribution in [1.29, 1.82) is 0 Å². The van der Waals surface area contributed by atoms with E-state index in [1.165, 1.54) is 6.33 Å². The van der Waals surface area contributed by atoms with Gasteiger partial charge in [0.25, 0.3) is 11.7 Å². The highest BCUT2D eigenvalue weighted by Crippen LogP contribution is 2.31. The molecule has 2 aromatic rings. The number of hydrogen-bond donors (Lipinski definition) is 1. The molecule has 23 heavy (non-hydrogen) atoms. The van der Waals surface area contributed by atoms with Crippen LogP contribution in [-0.2, 0) is 0 Å². The van der Waals surface area contributed by atoms with Crippen LogP contribution >= 0.6 is 11.8 Å². The van der Waals surface area contributed by atoms with Gasteiger partial charge in [0.15, 0.2) is 0 Å². The van der Waals surface area contributed by atoms with Crippen molar-refractivity contribution in [3.63, 3.8) is 0 Å². The third kappa shape index (κ3) is 3.69. The zero-order chi connectivity index (χ0) is 16.2. The predicted octanol–water partition coefficient (Wildman–Crippen LogP) is 3.49. The zero-order valence-electron chi connectivity index (χ0n) is 12.3. The summed E-state index contributed by atoms with van der Waals surface area (Å²) >= 11 is 0.472. The number of piperidine rings is 1. The molecule has 0 aliphatic carbocycles. The second kappa shape index (κ2) is 7.08. The van der Waals surface area contributed by atoms with Gasteiger partial charge >= 0.3 is 0 Å². The van der Waals surface area contributed by atoms with E-state index in [2.05, 4.69) is 15.2 Å². The summed E-state index contributed by atoms with van der Waals surface area (Å²) in [6, 6.07) is 6.18. The smallest absolute Gasteiger partial charge is 0.288 e. The topological polar surface area (TPSA) is 61.9 Å². The van der Waals surface area contributed by atoms with Gasteiger partial charge in [-0.15, -0.1) is 0 Å². The minimum Gasteiger partial charge on any atom is -0.328 e. The van der Waals surface area contributed by atoms with Crippen molar-refractivity contribution in [3.05, 3.63) is 42.0 Å². The van der Waals surface area contributed by atoms with E-state index in [0.29, 0.717) is 34.6 Å². The second-order valence-electron chi connectivity index (χ2n) is 5.28. The molecule has 8 heteroatoms. The molecule has 1 atom stereocenters. The van der Waals surface area contributed by atoms with E-state index in [4.69, 9.17) is 0 Å². The van der Waals surface area contributed by atoms with Crippen LogP contribution in [0.2, 0.25) is 0 Å². The molecule has 0 saturated carbocycles. The molecule has 0 bridgehead atoms. The van der Waals surface area contributed by atoms with Gasteiger partial charge in [0.1, 0.15) is 12.2 Å². The molecule has 2 heterocycles. The number of benzene rings is 1. The number of nitrogens with one attached hydrogen (secondary N) is 1. The lowest BCUT2D eigenvalue weighted by Gasteiger charge is -2.34. The van der Waals surface area contributed by atoms with Crippen molar-refractivity contribution >= 4 is 17.7 Å². The molecule has 0 radical (unpaired) electrons. The first-order valence-electron chi connectivity index (χ1n) is 7.36. The standard InChI is InChI=1S/C15H16F2N4OS/c16-15(17)23-11-6-4-10(5-7-11)14(22)21-8-2-1-3-12(21)13-18-9-19-20-13/h4-7,9,12,15H,1-3,8H2,(H,18,19,20)/t12-/m1/s1. The maximum atomic E-state index is 12.7. The molecule has 1 aliphatic rings. The third-order valence-electron chi connectivity index (χ3n) is 3.84. The van der Waals surface area contributed by atoms with Gasteiger partial charge in [-0.1, -0.05) is 11.8 Å². The fraction of sp³-hybridized carbons (Fsp3) is 0.400. The number of amides is 1. The van der Waals surface area contributed by atoms with Gasteiger partial charge in [0.2, 0.25) is 0 Å². The summed E-state index contributed by atoms with van der Waals surface area (Å²) in [5.74, 6) is -1.89. The average molecular weight is 338 g/mol. The molecule has 5 nitrogen and oxygen atoms in total. The average Bonchev–Trinajstić information content (AvgIpc) is 3.09. The first-order chi connectivity index (χ1) is 11.1. The number of nitrogens with zero attached hydrogens (tertiary/aromatic N) is 3. The maximum Gasteiger partial charge on any atom is 0.288 e. The van der Waals surface area contributed by atoms with Gasteiger partial charge in [-0.05, 0) is 43.5 Å². The minimum atomic E-state index is -2.46. The number of halogens is 2. The first-order valence-corrected chi connectivity index (χ1v) is 8.24. The summed E-state index contributed by atoms with van der Waals surface area (Å²) in [6.45, 7) is 0.651. The zero-order valence-corrected chi connectivity index (χ0v) is 13.1. The van der Waals surface area contributed by atoms with Gasteiger partial charge in [0, 0.05) is 17.0 Å². The van der Waals surface area contributed by atoms with E-state index in [-0.39, 0.29) is 11.9 Å². The number of hydrogen-bond acceptors (Lipinski definition) is 4. The molecule has 0 spiro atoms. The number of alkyl halides is 2. The number of H-pyrrole nitrogens is 1. The molecular weight excluding hydrogens is 322 g/mol. The largest absolute Gasteiger partial charge is 0.328 e. The number of aromatic amines is 1. The van der Waals surface area contributed by atoms with E-state index in [0.717, 1.165) is 19.3 Å². The van der Waals surface area contributed by atoms with Crippen molar-refractivity contribution in [2.75, 3.05) is 6.54 Å². The number of carbonyl (C=O) groups excluding carboxylic acids is 1. The van der Waals surface area contributed by atoms with Crippen LogP contribution in [0.4, 0.5) is 8.78 Å². The van der Waals surface area contributed by atoms with Crippen LogP contribution in [0.1, 0.15) is 41.5 Å². The Kier molecular flexibility index (Phi) is 4.90. The third-order valence-corrected chi connectivity index (χ3v) is 4.56. The Bertz CT molecular complexity index is 648. The highest BCUT2D eigenvalue weighted by molar-refractivity contribution is 7.99. The highest BCUT2D eigenvalue weighted by Gasteiger charge is 2.30. The van der Waals surface area contributed by atoms with Gasteiger partial charge in [0.05, 0.1) is 6.04 Å². The van der Waals surface area contributed by atoms with E-state index in [9.17, 15) is 13.6 Å². The summed E-state index contributed by atoms with van der Waals surface area (Å²) in [5, 5.41) is 6.69. The second-order valence-corrected chi connectivity index (χ2v) is 6.35. The molecule has 1 amide bonds. The van der Waals surface area contributed by atoms with Crippen molar-refractivity contribution in [1.82, 2.24) is 20.1 Å². The molecule has 1 aromatic carbocycles. The maximum absolute atomic E-state index is 12.7. The lowest BCUT2D eigenvalue weighted by molar-refractivity contribution is 0.0600. The van der Waals surface area contributed by atoms with Crippen LogP contribution in [0.3, 0.4) is 0 Å². The number of thioether (sulfide) groups is 1. The molecule has 0 unspecified atom stereocenters. The SMILES string of the molecule is O=C(c1ccc(SC(F)F)cc1)N1CCCC[C@@H]1c1ncn[nH]1. The fourth-order valence-corrected chi connectivity index (χ4v) is 3.28. The Morgan fingerprint density at radius 2 is 2.09 bits per heavy atom. The molecule has 1 aromatic heterocycles. The normalized spacial score (nSPS) is 18.4. The number of likely N-dealkylation sites (tertiary alicyclic amines) is 1. The highest BCUT2D eigenvalue weighted by atomic mass is 32.2. The Hall–Kier alpha value is -1.96. The molecule has 1 aliphatic heterocycles. The summed E-state index contributed by atoms with van der Waals surface area (Å²) in [7, 11) is 0. The Labute approximate surface area is 136 Å². The summed E-state index contributed by atoms with van der Waals surface area (Å²) in [4.78, 5) is 19.1. The molecule has 3 rings (SSSR count). The predicted molar refractivity (Wildman–Crippen MR) is 82.3 cm³/mol. The van der Waals surface area contributed by atoms with Crippen LogP contribution in [0.15, 0.2) is 35.5 Å². The summed E-state index contributed by atoms with van der Waals surface area (Å²) in [6.07, 6.45) is 4.23. The van der Waals surface area contributed by atoms with Gasteiger partial charge in [-0.2, -0.15) is 13.9 Å². The summed E-state index contributed by atoms with van der Waals surface area (Å²) in [5.41, 5.74) is 0.495. The number of carbonyl (C=O) groups is 1. The lowest BCUT2D eigenvalue weighted by Crippen LogP contribution is -2.39. The van der Waals surface area contributed by atoms with Gasteiger partial charge in [-0.3, -0.25) is 9.89 Å². The quantitative estimate of drug-likeness (QED) is 0.867. The number of aromatic nitrogens is 3. The molecule has 1 saturated heterocycles. The van der Waals surface area contributed by atoms with E-state index in [1.807, 2.05) is 0 Å². The number of rotatable bonds is 4. The van der Waals surface area contributed by atoms with Crippen molar-refractivity contribution in [3.8, 4) is 0 Å². The molecule has 122 valence electrons. The van der Waals surface area contributed by atoms with E-state index < -0.39 is 5.76 Å². The monoisotopic (exact) mass is 338 g/mol. The molecular formula is C15H16F2N4OS. The van der Waals surface area contributed by atoms with Crippen LogP contribution in [0.25, 0.3) is 0 Å². The van der Waals surface area contributed by atoms with Crippen LogP contribution in [-0.4, -0.2) is 38.3 Å². The summed E-state index contributed by atoms with van der Waals surface area (Å²) < 4.78 is 24.7. The van der Waals surface area contributed by atoms with Crippen LogP contribution in [0.5, 0.6) is 0 Å². The minimum absolute atomic E-state index is 0.111. The lowest BCUT2D eigenvalue weighted by atomic mass is 10.00. The molecule has 1 fully saturated rings. The van der Waals surface area contributed by atoms with Gasteiger partial charge in [-0.25, -0.2) is 4.98 Å². The Morgan fingerprint density at radius 1 is 1.30 bits per heavy atom. The first kappa shape index (κ1) is 15.9. The van der Waals surface area contributed by atoms with Crippen LogP contribution < -0.4 is 0 Å². The van der Waals surface area contributed by atoms with Crippen molar-refractivity contribution < 1.29 is 13.6 Å². The van der Waals surface area contributed by atoms with Crippen LogP contribution in [0, 0.1) is 0 Å². The van der Waals surface area contributed by atoms with Crippen molar-refractivity contribution in [2.24, 2.45) is 0 Å². The van der Waals surface area contributed by atoms with E-state index >= 15 is 0 Å².